The molecule has 0 saturated carbocycles. The SMILES string of the molecule is CCc1c[nH]c(-c2ccc(C(F)F)c(P(C)(C)=O)c2)c1. The van der Waals surface area contributed by atoms with Crippen molar-refractivity contribution in [3.8, 4) is 11.3 Å². The third kappa shape index (κ3) is 3.01. The van der Waals surface area contributed by atoms with Crippen LogP contribution in [0.3, 0.4) is 0 Å². The van der Waals surface area contributed by atoms with Crippen molar-refractivity contribution in [3.63, 3.8) is 0 Å². The van der Waals surface area contributed by atoms with E-state index in [1.54, 1.807) is 12.1 Å². The minimum absolute atomic E-state index is 0.135. The summed E-state index contributed by atoms with van der Waals surface area (Å²) in [5.41, 5.74) is 2.66. The van der Waals surface area contributed by atoms with Crippen LogP contribution in [-0.2, 0) is 11.0 Å². The van der Waals surface area contributed by atoms with Gasteiger partial charge in [-0.25, -0.2) is 8.78 Å². The van der Waals surface area contributed by atoms with Gasteiger partial charge < -0.3 is 9.55 Å². The van der Waals surface area contributed by atoms with Crippen LogP contribution >= 0.6 is 7.14 Å². The first-order valence-electron chi connectivity index (χ1n) is 6.48. The molecule has 2 aromatic rings. The highest BCUT2D eigenvalue weighted by atomic mass is 31.2. The average Bonchev–Trinajstić information content (AvgIpc) is 2.85. The molecule has 1 N–H and O–H groups in total. The standard InChI is InChI=1S/C15H18F2NOP/c1-4-10-7-13(18-9-10)11-5-6-12(15(16)17)14(8-11)20(2,3)19/h5-9,15,18H,4H2,1-3H3. The number of halogens is 2. The van der Waals surface area contributed by atoms with E-state index in [1.807, 2.05) is 19.2 Å². The number of aryl methyl sites for hydroxylation is 1. The van der Waals surface area contributed by atoms with E-state index in [1.165, 1.54) is 19.4 Å². The van der Waals surface area contributed by atoms with Crippen LogP contribution in [0, 0.1) is 0 Å². The normalized spacial score (nSPS) is 12.1. The molecule has 0 amide bonds. The molecule has 0 aliphatic carbocycles. The van der Waals surface area contributed by atoms with Crippen LogP contribution in [0.25, 0.3) is 11.3 Å². The Morgan fingerprint density at radius 1 is 1.25 bits per heavy atom. The Kier molecular flexibility index (Phi) is 4.14. The van der Waals surface area contributed by atoms with Gasteiger partial charge in [0, 0.05) is 22.8 Å². The van der Waals surface area contributed by atoms with E-state index in [0.29, 0.717) is 0 Å². The van der Waals surface area contributed by atoms with Crippen LogP contribution in [0.15, 0.2) is 30.5 Å². The molecule has 1 aromatic carbocycles. The van der Waals surface area contributed by atoms with Gasteiger partial charge >= 0.3 is 0 Å². The van der Waals surface area contributed by atoms with Gasteiger partial charge in [0.1, 0.15) is 7.14 Å². The van der Waals surface area contributed by atoms with Crippen LogP contribution < -0.4 is 5.30 Å². The van der Waals surface area contributed by atoms with E-state index in [4.69, 9.17) is 0 Å². The zero-order valence-electron chi connectivity index (χ0n) is 11.8. The van der Waals surface area contributed by atoms with Gasteiger partial charge in [-0.05, 0) is 43.0 Å². The number of aromatic nitrogens is 1. The number of hydrogen-bond donors (Lipinski definition) is 1. The Labute approximate surface area is 117 Å². The van der Waals surface area contributed by atoms with Gasteiger partial charge in [0.15, 0.2) is 0 Å². The molecule has 0 fully saturated rings. The molecule has 0 aliphatic heterocycles. The van der Waals surface area contributed by atoms with Gasteiger partial charge in [-0.2, -0.15) is 0 Å². The summed E-state index contributed by atoms with van der Waals surface area (Å²) in [7, 11) is -2.75. The third-order valence-electron chi connectivity index (χ3n) is 3.31. The van der Waals surface area contributed by atoms with Gasteiger partial charge in [0.05, 0.1) is 0 Å². The molecule has 1 heterocycles. The first-order valence-corrected chi connectivity index (χ1v) is 9.08. The Morgan fingerprint density at radius 2 is 1.95 bits per heavy atom. The van der Waals surface area contributed by atoms with Crippen molar-refractivity contribution in [1.29, 1.82) is 0 Å². The van der Waals surface area contributed by atoms with Gasteiger partial charge in [-0.15, -0.1) is 0 Å². The molecule has 20 heavy (non-hydrogen) atoms. The molecule has 0 saturated heterocycles. The van der Waals surface area contributed by atoms with Crippen molar-refractivity contribution in [2.24, 2.45) is 0 Å². The Morgan fingerprint density at radius 3 is 2.45 bits per heavy atom. The number of hydrogen-bond acceptors (Lipinski definition) is 1. The van der Waals surface area contributed by atoms with E-state index in [-0.39, 0.29) is 10.9 Å². The molecule has 2 rings (SSSR count). The van der Waals surface area contributed by atoms with Crippen molar-refractivity contribution >= 4 is 12.4 Å². The highest BCUT2D eigenvalue weighted by molar-refractivity contribution is 7.70. The fraction of sp³-hybridized carbons (Fsp3) is 0.333. The highest BCUT2D eigenvalue weighted by Crippen LogP contribution is 2.39. The molecule has 0 spiro atoms. The van der Waals surface area contributed by atoms with E-state index in [9.17, 15) is 13.3 Å². The summed E-state index contributed by atoms with van der Waals surface area (Å²) in [6, 6.07) is 6.62. The zero-order valence-corrected chi connectivity index (χ0v) is 12.7. The van der Waals surface area contributed by atoms with Gasteiger partial charge in [-0.3, -0.25) is 0 Å². The number of alkyl halides is 2. The Hall–Kier alpha value is -1.41. The average molecular weight is 297 g/mol. The maximum absolute atomic E-state index is 13.0. The van der Waals surface area contributed by atoms with E-state index < -0.39 is 13.6 Å². The maximum Gasteiger partial charge on any atom is 0.264 e. The van der Waals surface area contributed by atoms with Crippen molar-refractivity contribution in [2.45, 2.75) is 19.8 Å². The number of nitrogens with one attached hydrogen (secondary N) is 1. The Bertz CT molecular complexity index is 658. The molecule has 0 aliphatic rings. The number of benzene rings is 1. The van der Waals surface area contributed by atoms with Gasteiger partial charge in [0.25, 0.3) is 6.43 Å². The monoisotopic (exact) mass is 297 g/mol. The molecule has 0 atom stereocenters. The highest BCUT2D eigenvalue weighted by Gasteiger charge is 2.22. The summed E-state index contributed by atoms with van der Waals surface area (Å²) >= 11 is 0. The summed E-state index contributed by atoms with van der Waals surface area (Å²) in [4.78, 5) is 3.12. The molecular formula is C15H18F2NOP. The second-order valence-corrected chi connectivity index (χ2v) is 8.38. The summed E-state index contributed by atoms with van der Waals surface area (Å²) in [5, 5.41) is 0.262. The largest absolute Gasteiger partial charge is 0.361 e. The van der Waals surface area contributed by atoms with E-state index in [2.05, 4.69) is 4.98 Å². The summed E-state index contributed by atoms with van der Waals surface area (Å²) < 4.78 is 38.3. The fourth-order valence-corrected chi connectivity index (χ4v) is 3.42. The van der Waals surface area contributed by atoms with Crippen LogP contribution in [0.5, 0.6) is 0 Å². The number of rotatable bonds is 4. The van der Waals surface area contributed by atoms with Gasteiger partial charge in [-0.1, -0.05) is 19.1 Å². The zero-order chi connectivity index (χ0) is 14.9. The lowest BCUT2D eigenvalue weighted by atomic mass is 10.1. The lowest BCUT2D eigenvalue weighted by molar-refractivity contribution is 0.152. The summed E-state index contributed by atoms with van der Waals surface area (Å²) in [5.74, 6) is 0. The fourth-order valence-electron chi connectivity index (χ4n) is 2.17. The van der Waals surface area contributed by atoms with Crippen molar-refractivity contribution in [2.75, 3.05) is 13.3 Å². The molecule has 108 valence electrons. The first-order chi connectivity index (χ1) is 9.32. The second-order valence-electron chi connectivity index (χ2n) is 5.20. The van der Waals surface area contributed by atoms with Crippen molar-refractivity contribution in [3.05, 3.63) is 41.6 Å². The molecule has 0 unspecified atom stereocenters. The lowest BCUT2D eigenvalue weighted by Crippen LogP contribution is -2.11. The molecule has 2 nitrogen and oxygen atoms in total. The van der Waals surface area contributed by atoms with Crippen LogP contribution in [-0.4, -0.2) is 18.3 Å². The maximum atomic E-state index is 13.0. The van der Waals surface area contributed by atoms with E-state index in [0.717, 1.165) is 23.2 Å². The summed E-state index contributed by atoms with van der Waals surface area (Å²) in [6.07, 6.45) is 0.189. The lowest BCUT2D eigenvalue weighted by Gasteiger charge is -2.14. The summed E-state index contributed by atoms with van der Waals surface area (Å²) in [6.45, 7) is 5.08. The minimum atomic E-state index is -2.75. The number of aromatic amines is 1. The predicted molar refractivity (Wildman–Crippen MR) is 79.7 cm³/mol. The topological polar surface area (TPSA) is 32.9 Å². The smallest absolute Gasteiger partial charge is 0.264 e. The second kappa shape index (κ2) is 5.53. The third-order valence-corrected chi connectivity index (χ3v) is 4.86. The van der Waals surface area contributed by atoms with Crippen LogP contribution in [0.1, 0.15) is 24.5 Å². The van der Waals surface area contributed by atoms with Crippen molar-refractivity contribution in [1.82, 2.24) is 4.98 Å². The molecule has 0 bridgehead atoms. The van der Waals surface area contributed by atoms with E-state index >= 15 is 0 Å². The van der Waals surface area contributed by atoms with Gasteiger partial charge in [0.2, 0.25) is 0 Å². The van der Waals surface area contributed by atoms with Crippen molar-refractivity contribution < 1.29 is 13.3 Å². The molecule has 0 radical (unpaired) electrons. The van der Waals surface area contributed by atoms with Crippen LogP contribution in [0.4, 0.5) is 8.78 Å². The molecular weight excluding hydrogens is 279 g/mol. The molecule has 5 heteroatoms. The number of H-pyrrole nitrogens is 1. The minimum Gasteiger partial charge on any atom is -0.361 e. The van der Waals surface area contributed by atoms with Crippen LogP contribution in [0.2, 0.25) is 0 Å². The first kappa shape index (κ1) is 15.0. The predicted octanol–water partition coefficient (Wildman–Crippen LogP) is 4.43. The Balaban J connectivity index is 2.55. The molecule has 1 aromatic heterocycles. The quantitative estimate of drug-likeness (QED) is 0.832.